The Labute approximate surface area is 242 Å². The first-order valence-electron chi connectivity index (χ1n) is 13.1. The Bertz CT molecular complexity index is 2040. The zero-order chi connectivity index (χ0) is 29.4. The van der Waals surface area contributed by atoms with Gasteiger partial charge < -0.3 is 15.4 Å². The molecule has 0 bridgehead atoms. The van der Waals surface area contributed by atoms with Crippen molar-refractivity contribution in [3.05, 3.63) is 79.1 Å². The molecule has 0 aliphatic rings. The highest BCUT2D eigenvalue weighted by molar-refractivity contribution is 7.90. The lowest BCUT2D eigenvalue weighted by Crippen LogP contribution is -2.25. The van der Waals surface area contributed by atoms with Crippen LogP contribution in [0.25, 0.3) is 38.9 Å². The largest absolute Gasteiger partial charge is 0.489 e. The smallest absolute Gasteiger partial charge is 0.150 e. The average molecular weight is 584 g/mol. The number of benzene rings is 1. The number of aromatic nitrogens is 7. The maximum Gasteiger partial charge on any atom is 0.150 e. The predicted molar refractivity (Wildman–Crippen MR) is 162 cm³/mol. The van der Waals surface area contributed by atoms with Crippen molar-refractivity contribution >= 4 is 43.4 Å². The van der Waals surface area contributed by atoms with E-state index >= 15 is 0 Å². The molecule has 0 aliphatic heterocycles. The first-order valence-corrected chi connectivity index (χ1v) is 15.2. The number of fused-ring (bicyclic) bond motifs is 2. The van der Waals surface area contributed by atoms with Crippen molar-refractivity contribution in [2.75, 3.05) is 36.2 Å². The minimum Gasteiger partial charge on any atom is -0.489 e. The number of hydrogen-bond acceptors (Lipinski definition) is 10. The Hall–Kier alpha value is -5.04. The van der Waals surface area contributed by atoms with Crippen LogP contribution in [0, 0.1) is 0 Å². The molecule has 42 heavy (non-hydrogen) atoms. The molecule has 13 heteroatoms. The summed E-state index contributed by atoms with van der Waals surface area (Å²) in [7, 11) is 0.623. The van der Waals surface area contributed by atoms with E-state index in [0.29, 0.717) is 29.6 Å². The van der Waals surface area contributed by atoms with E-state index in [4.69, 9.17) is 15.5 Å². The minimum absolute atomic E-state index is 0.0586. The quantitative estimate of drug-likeness (QED) is 0.269. The van der Waals surface area contributed by atoms with Crippen molar-refractivity contribution in [1.82, 2.24) is 34.3 Å². The van der Waals surface area contributed by atoms with Crippen LogP contribution in [0.4, 0.5) is 11.6 Å². The van der Waals surface area contributed by atoms with E-state index < -0.39 is 9.84 Å². The van der Waals surface area contributed by atoms with Crippen LogP contribution in [-0.4, -0.2) is 68.3 Å². The Balaban J connectivity index is 1.24. The summed E-state index contributed by atoms with van der Waals surface area (Å²) in [5.74, 6) is 1.78. The molecule has 6 aromatic rings. The molecule has 5 heterocycles. The number of anilines is 2. The number of pyridine rings is 2. The van der Waals surface area contributed by atoms with Crippen LogP contribution in [0.1, 0.15) is 5.56 Å². The summed E-state index contributed by atoms with van der Waals surface area (Å²) in [6, 6.07) is 13.5. The summed E-state index contributed by atoms with van der Waals surface area (Å²) in [5.41, 5.74) is 10.9. The average Bonchev–Trinajstić information content (AvgIpc) is 3.58. The molecule has 0 atom stereocenters. The van der Waals surface area contributed by atoms with Gasteiger partial charge in [-0.15, -0.1) is 0 Å². The lowest BCUT2D eigenvalue weighted by molar-refractivity contribution is 0.306. The van der Waals surface area contributed by atoms with Crippen LogP contribution in [0.3, 0.4) is 0 Å². The normalized spacial score (nSPS) is 11.8. The van der Waals surface area contributed by atoms with Gasteiger partial charge in [-0.1, -0.05) is 0 Å². The number of ether oxygens (including phenoxy) is 1. The van der Waals surface area contributed by atoms with Gasteiger partial charge in [0, 0.05) is 68.1 Å². The van der Waals surface area contributed by atoms with E-state index in [0.717, 1.165) is 38.8 Å². The van der Waals surface area contributed by atoms with Crippen LogP contribution in [0.15, 0.2) is 73.6 Å². The molecule has 0 fully saturated rings. The van der Waals surface area contributed by atoms with E-state index in [2.05, 4.69) is 20.1 Å². The van der Waals surface area contributed by atoms with Crippen LogP contribution in [-0.2, 0) is 23.5 Å². The van der Waals surface area contributed by atoms with Crippen LogP contribution < -0.4 is 15.4 Å². The maximum atomic E-state index is 11.6. The van der Waals surface area contributed by atoms with E-state index in [1.807, 2.05) is 78.4 Å². The fourth-order valence-electron chi connectivity index (χ4n) is 4.69. The first-order chi connectivity index (χ1) is 20.1. The highest BCUT2D eigenvalue weighted by Gasteiger charge is 2.18. The molecule has 2 N–H and O–H groups in total. The van der Waals surface area contributed by atoms with E-state index in [-0.39, 0.29) is 12.4 Å². The molecular weight excluding hydrogens is 554 g/mol. The van der Waals surface area contributed by atoms with Gasteiger partial charge in [0.2, 0.25) is 0 Å². The molecule has 12 nitrogen and oxygen atoms in total. The molecule has 1 aromatic carbocycles. The van der Waals surface area contributed by atoms with Gasteiger partial charge in [0.05, 0.1) is 34.2 Å². The summed E-state index contributed by atoms with van der Waals surface area (Å²) >= 11 is 0. The second-order valence-electron chi connectivity index (χ2n) is 10.2. The molecular formula is C29H29N9O3S. The van der Waals surface area contributed by atoms with Crippen molar-refractivity contribution in [1.29, 1.82) is 0 Å². The molecule has 0 amide bonds. The second-order valence-corrected chi connectivity index (χ2v) is 12.4. The number of nitrogen functional groups attached to an aromatic ring is 1. The van der Waals surface area contributed by atoms with Crippen molar-refractivity contribution in [3.8, 4) is 22.7 Å². The van der Waals surface area contributed by atoms with Crippen molar-refractivity contribution < 1.29 is 13.2 Å². The van der Waals surface area contributed by atoms with Crippen molar-refractivity contribution in [2.45, 2.75) is 6.61 Å². The molecule has 214 valence electrons. The summed E-state index contributed by atoms with van der Waals surface area (Å²) < 4.78 is 32.9. The summed E-state index contributed by atoms with van der Waals surface area (Å²) in [4.78, 5) is 19.7. The minimum atomic E-state index is -3.07. The molecule has 0 aliphatic carbocycles. The van der Waals surface area contributed by atoms with Crippen LogP contribution in [0.2, 0.25) is 0 Å². The zero-order valence-electron chi connectivity index (χ0n) is 23.3. The van der Waals surface area contributed by atoms with Gasteiger partial charge in [-0.2, -0.15) is 5.10 Å². The standard InChI is InChI=1S/C29H29N9O3S/c1-36(10-11-42(3,39)40)26-7-5-20-4-6-22(13-25(20)34-26)41-17-19-12-21(15-31-14-19)38-16-23(24-8-9-37(2)35-24)27-28(30)32-18-33-29(27)38/h4-9,12-16,18H,10-11,17H2,1-3H3,(H2,30,32,33). The summed E-state index contributed by atoms with van der Waals surface area (Å²) in [6.07, 6.45) is 10.0. The van der Waals surface area contributed by atoms with Gasteiger partial charge in [0.1, 0.15) is 40.2 Å². The summed E-state index contributed by atoms with van der Waals surface area (Å²) in [5, 5.41) is 6.22. The molecule has 6 rings (SSSR count). The number of nitrogens with zero attached hydrogens (tertiary/aromatic N) is 8. The zero-order valence-corrected chi connectivity index (χ0v) is 24.2. The topological polar surface area (TPSA) is 147 Å². The van der Waals surface area contributed by atoms with Gasteiger partial charge in [0.15, 0.2) is 5.65 Å². The first kappa shape index (κ1) is 27.1. The highest BCUT2D eigenvalue weighted by atomic mass is 32.2. The third-order valence-corrected chi connectivity index (χ3v) is 7.83. The van der Waals surface area contributed by atoms with E-state index in [9.17, 15) is 8.42 Å². The lowest BCUT2D eigenvalue weighted by atomic mass is 10.2. The van der Waals surface area contributed by atoms with Gasteiger partial charge in [-0.25, -0.2) is 23.4 Å². The van der Waals surface area contributed by atoms with Gasteiger partial charge in [-0.05, 0) is 36.4 Å². The number of nitrogens with two attached hydrogens (primary N) is 1. The number of hydrogen-bond donors (Lipinski definition) is 1. The fraction of sp³-hybridized carbons (Fsp3) is 0.207. The Morgan fingerprint density at radius 1 is 1.07 bits per heavy atom. The second kappa shape index (κ2) is 10.7. The monoisotopic (exact) mass is 583 g/mol. The molecule has 0 unspecified atom stereocenters. The van der Waals surface area contributed by atoms with Crippen molar-refractivity contribution in [2.24, 2.45) is 7.05 Å². The molecule has 5 aromatic heterocycles. The third-order valence-electron chi connectivity index (χ3n) is 6.90. The predicted octanol–water partition coefficient (Wildman–Crippen LogP) is 3.41. The van der Waals surface area contributed by atoms with Crippen LogP contribution >= 0.6 is 0 Å². The number of aryl methyl sites for hydroxylation is 1. The Morgan fingerprint density at radius 3 is 2.69 bits per heavy atom. The lowest BCUT2D eigenvalue weighted by Gasteiger charge is -2.18. The maximum absolute atomic E-state index is 11.6. The Morgan fingerprint density at radius 2 is 1.90 bits per heavy atom. The molecule has 0 spiro atoms. The van der Waals surface area contributed by atoms with E-state index in [1.54, 1.807) is 17.1 Å². The molecule has 0 radical (unpaired) electrons. The SMILES string of the molecule is CN(CCS(C)(=O)=O)c1ccc2ccc(OCc3cncc(-n4cc(-c5ccn(C)n5)c5c(N)ncnc54)c3)cc2n1. The van der Waals surface area contributed by atoms with Crippen molar-refractivity contribution in [3.63, 3.8) is 0 Å². The van der Waals surface area contributed by atoms with Gasteiger partial charge in [0.25, 0.3) is 0 Å². The van der Waals surface area contributed by atoms with Gasteiger partial charge >= 0.3 is 0 Å². The van der Waals surface area contributed by atoms with Crippen LogP contribution in [0.5, 0.6) is 5.75 Å². The number of sulfone groups is 1. The van der Waals surface area contributed by atoms with Gasteiger partial charge in [-0.3, -0.25) is 14.2 Å². The molecule has 0 saturated heterocycles. The fourth-order valence-corrected chi connectivity index (χ4v) is 5.30. The third kappa shape index (κ3) is 5.59. The summed E-state index contributed by atoms with van der Waals surface area (Å²) in [6.45, 7) is 0.638. The highest BCUT2D eigenvalue weighted by Crippen LogP contribution is 2.33. The molecule has 0 saturated carbocycles. The van der Waals surface area contributed by atoms with E-state index in [1.165, 1.54) is 12.6 Å². The Kier molecular flexibility index (Phi) is 6.94. The number of rotatable bonds is 9.